The summed E-state index contributed by atoms with van der Waals surface area (Å²) in [6, 6.07) is 8.73. The first-order valence-electron chi connectivity index (χ1n) is 5.83. The molecule has 2 rings (SSSR count). The number of aliphatic hydroxyl groups excluding tert-OH is 1. The Kier molecular flexibility index (Phi) is 4.54. The van der Waals surface area contributed by atoms with E-state index in [4.69, 9.17) is 4.74 Å². The molecule has 0 aliphatic heterocycles. The van der Waals surface area contributed by atoms with Crippen molar-refractivity contribution in [3.8, 4) is 5.75 Å². The predicted octanol–water partition coefficient (Wildman–Crippen LogP) is 2.22. The molecule has 0 saturated carbocycles. The number of methoxy groups -OCH3 is 1. The van der Waals surface area contributed by atoms with E-state index in [0.717, 1.165) is 5.56 Å². The summed E-state index contributed by atoms with van der Waals surface area (Å²) in [5.74, 6) is 0.402. The Hall–Kier alpha value is -1.85. The predicted molar refractivity (Wildman–Crippen MR) is 74.6 cm³/mol. The van der Waals surface area contributed by atoms with Crippen molar-refractivity contribution in [3.63, 3.8) is 0 Å². The average Bonchev–Trinajstić information content (AvgIpc) is 2.98. The van der Waals surface area contributed by atoms with E-state index in [1.165, 1.54) is 11.3 Å². The summed E-state index contributed by atoms with van der Waals surface area (Å²) in [4.78, 5) is 11.9. The van der Waals surface area contributed by atoms with Crippen molar-refractivity contribution in [1.29, 1.82) is 0 Å². The van der Waals surface area contributed by atoms with Gasteiger partial charge in [-0.3, -0.25) is 4.79 Å². The van der Waals surface area contributed by atoms with Gasteiger partial charge in [-0.1, -0.05) is 6.07 Å². The van der Waals surface area contributed by atoms with Crippen molar-refractivity contribution >= 4 is 17.2 Å². The molecule has 0 fully saturated rings. The summed E-state index contributed by atoms with van der Waals surface area (Å²) in [5, 5.41) is 16.3. The topological polar surface area (TPSA) is 58.6 Å². The normalized spacial score (nSPS) is 11.9. The van der Waals surface area contributed by atoms with Gasteiger partial charge in [-0.15, -0.1) is 0 Å². The second-order valence-corrected chi connectivity index (χ2v) is 4.79. The highest BCUT2D eigenvalue weighted by atomic mass is 32.1. The summed E-state index contributed by atoms with van der Waals surface area (Å²) in [6.45, 7) is 0.187. The van der Waals surface area contributed by atoms with Crippen LogP contribution >= 0.6 is 11.3 Å². The van der Waals surface area contributed by atoms with Crippen molar-refractivity contribution in [1.82, 2.24) is 5.32 Å². The maximum atomic E-state index is 11.9. The van der Waals surface area contributed by atoms with E-state index in [1.807, 2.05) is 16.8 Å². The zero-order chi connectivity index (χ0) is 13.7. The van der Waals surface area contributed by atoms with Gasteiger partial charge in [0.25, 0.3) is 5.91 Å². The fourth-order valence-electron chi connectivity index (χ4n) is 1.64. The molecule has 1 atom stereocenters. The number of hydrogen-bond donors (Lipinski definition) is 2. The van der Waals surface area contributed by atoms with Crippen LogP contribution in [0.4, 0.5) is 0 Å². The third kappa shape index (κ3) is 3.56. The summed E-state index contributed by atoms with van der Waals surface area (Å²) in [6.07, 6.45) is -0.680. The first-order chi connectivity index (χ1) is 9.20. The fourth-order valence-corrected chi connectivity index (χ4v) is 2.35. The number of ether oxygens (including phenoxy) is 1. The molecule has 0 aliphatic carbocycles. The molecule has 2 aromatic rings. The molecule has 2 N–H and O–H groups in total. The molecule has 0 saturated heterocycles. The highest BCUT2D eigenvalue weighted by molar-refractivity contribution is 7.07. The highest BCUT2D eigenvalue weighted by Crippen LogP contribution is 2.16. The standard InChI is InChI=1S/C14H15NO3S/c1-18-12-4-2-3-10(7-12)14(17)15-8-13(16)11-5-6-19-9-11/h2-7,9,13,16H,8H2,1H3,(H,15,17). The Morgan fingerprint density at radius 2 is 2.32 bits per heavy atom. The first kappa shape index (κ1) is 13.6. The van der Waals surface area contributed by atoms with E-state index in [9.17, 15) is 9.90 Å². The monoisotopic (exact) mass is 277 g/mol. The third-order valence-corrected chi connectivity index (χ3v) is 3.42. The average molecular weight is 277 g/mol. The van der Waals surface area contributed by atoms with Crippen LogP contribution in [-0.4, -0.2) is 24.7 Å². The van der Waals surface area contributed by atoms with Crippen LogP contribution in [-0.2, 0) is 0 Å². The van der Waals surface area contributed by atoms with Crippen LogP contribution in [0.25, 0.3) is 0 Å². The number of hydrogen-bond acceptors (Lipinski definition) is 4. The molecule has 100 valence electrons. The zero-order valence-corrected chi connectivity index (χ0v) is 11.3. The highest BCUT2D eigenvalue weighted by Gasteiger charge is 2.11. The van der Waals surface area contributed by atoms with E-state index in [0.29, 0.717) is 11.3 Å². The molecule has 4 nitrogen and oxygen atoms in total. The van der Waals surface area contributed by atoms with Crippen molar-refractivity contribution in [2.75, 3.05) is 13.7 Å². The minimum Gasteiger partial charge on any atom is -0.497 e. The van der Waals surface area contributed by atoms with Gasteiger partial charge in [0.1, 0.15) is 5.75 Å². The molecule has 0 bridgehead atoms. The number of amides is 1. The minimum absolute atomic E-state index is 0.187. The molecule has 19 heavy (non-hydrogen) atoms. The van der Waals surface area contributed by atoms with Crippen molar-refractivity contribution in [2.45, 2.75) is 6.10 Å². The number of carbonyl (C=O) groups excluding carboxylic acids is 1. The lowest BCUT2D eigenvalue weighted by atomic mass is 10.1. The number of rotatable bonds is 5. The van der Waals surface area contributed by atoms with Gasteiger partial charge in [0, 0.05) is 12.1 Å². The van der Waals surface area contributed by atoms with Crippen LogP contribution in [0.15, 0.2) is 41.1 Å². The van der Waals surface area contributed by atoms with E-state index in [2.05, 4.69) is 5.32 Å². The minimum atomic E-state index is -0.680. The number of nitrogens with one attached hydrogen (secondary N) is 1. The van der Waals surface area contributed by atoms with Crippen LogP contribution < -0.4 is 10.1 Å². The first-order valence-corrected chi connectivity index (χ1v) is 6.77. The van der Waals surface area contributed by atoms with Gasteiger partial charge in [0.05, 0.1) is 13.2 Å². The molecule has 1 amide bonds. The third-order valence-electron chi connectivity index (χ3n) is 2.72. The molecule has 1 aromatic carbocycles. The molecule has 0 spiro atoms. The van der Waals surface area contributed by atoms with Gasteiger partial charge in [-0.05, 0) is 40.6 Å². The summed E-state index contributed by atoms with van der Waals surface area (Å²) in [7, 11) is 1.55. The van der Waals surface area contributed by atoms with Crippen LogP contribution in [0.1, 0.15) is 22.0 Å². The van der Waals surface area contributed by atoms with Gasteiger partial charge in [-0.2, -0.15) is 11.3 Å². The van der Waals surface area contributed by atoms with Gasteiger partial charge in [0.15, 0.2) is 0 Å². The lowest BCUT2D eigenvalue weighted by Gasteiger charge is -2.11. The van der Waals surface area contributed by atoms with Gasteiger partial charge >= 0.3 is 0 Å². The molecule has 1 unspecified atom stereocenters. The van der Waals surface area contributed by atoms with Crippen molar-refractivity contribution in [3.05, 3.63) is 52.2 Å². The smallest absolute Gasteiger partial charge is 0.251 e. The van der Waals surface area contributed by atoms with E-state index in [1.54, 1.807) is 31.4 Å². The van der Waals surface area contributed by atoms with Gasteiger partial charge in [-0.25, -0.2) is 0 Å². The van der Waals surface area contributed by atoms with E-state index >= 15 is 0 Å². The molecule has 5 heteroatoms. The lowest BCUT2D eigenvalue weighted by molar-refractivity contribution is 0.0916. The molecule has 0 radical (unpaired) electrons. The Morgan fingerprint density at radius 3 is 3.00 bits per heavy atom. The van der Waals surface area contributed by atoms with Crippen molar-refractivity contribution in [2.24, 2.45) is 0 Å². The fraction of sp³-hybridized carbons (Fsp3) is 0.214. The van der Waals surface area contributed by atoms with E-state index in [-0.39, 0.29) is 12.5 Å². The Balaban J connectivity index is 1.94. The van der Waals surface area contributed by atoms with Crippen LogP contribution in [0, 0.1) is 0 Å². The quantitative estimate of drug-likeness (QED) is 0.881. The zero-order valence-electron chi connectivity index (χ0n) is 10.5. The maximum Gasteiger partial charge on any atom is 0.251 e. The number of carbonyl (C=O) groups is 1. The molecular weight excluding hydrogens is 262 g/mol. The van der Waals surface area contributed by atoms with Crippen LogP contribution in [0.5, 0.6) is 5.75 Å². The van der Waals surface area contributed by atoms with Crippen LogP contribution in [0.3, 0.4) is 0 Å². The number of aliphatic hydroxyl groups is 1. The second kappa shape index (κ2) is 6.36. The summed E-state index contributed by atoms with van der Waals surface area (Å²) >= 11 is 1.51. The van der Waals surface area contributed by atoms with Crippen molar-refractivity contribution < 1.29 is 14.6 Å². The maximum absolute atomic E-state index is 11.9. The van der Waals surface area contributed by atoms with E-state index < -0.39 is 6.10 Å². The Labute approximate surface area is 115 Å². The number of thiophene rings is 1. The summed E-state index contributed by atoms with van der Waals surface area (Å²) in [5.41, 5.74) is 1.33. The molecular formula is C14H15NO3S. The SMILES string of the molecule is COc1cccc(C(=O)NCC(O)c2ccsc2)c1. The molecule has 0 aliphatic rings. The second-order valence-electron chi connectivity index (χ2n) is 4.01. The Morgan fingerprint density at radius 1 is 1.47 bits per heavy atom. The summed E-state index contributed by atoms with van der Waals surface area (Å²) < 4.78 is 5.06. The largest absolute Gasteiger partial charge is 0.497 e. The lowest BCUT2D eigenvalue weighted by Crippen LogP contribution is -2.28. The van der Waals surface area contributed by atoms with Crippen LogP contribution in [0.2, 0.25) is 0 Å². The van der Waals surface area contributed by atoms with Gasteiger partial charge < -0.3 is 15.2 Å². The van der Waals surface area contributed by atoms with Gasteiger partial charge in [0.2, 0.25) is 0 Å². The Bertz CT molecular complexity index is 539. The molecule has 1 heterocycles. The molecule has 1 aromatic heterocycles. The number of benzene rings is 1.